The van der Waals surface area contributed by atoms with Gasteiger partial charge in [0.15, 0.2) is 0 Å². The van der Waals surface area contributed by atoms with Crippen molar-refractivity contribution in [1.29, 1.82) is 0 Å². The van der Waals surface area contributed by atoms with Gasteiger partial charge in [-0.3, -0.25) is 0 Å². The van der Waals surface area contributed by atoms with Gasteiger partial charge in [0.2, 0.25) is 0 Å². The molecule has 1 aliphatic rings. The second-order valence-corrected chi connectivity index (χ2v) is 5.97. The van der Waals surface area contributed by atoms with E-state index in [0.29, 0.717) is 11.5 Å². The molecule has 2 rings (SSSR count). The van der Waals surface area contributed by atoms with Gasteiger partial charge in [-0.25, -0.2) is 0 Å². The van der Waals surface area contributed by atoms with Crippen molar-refractivity contribution in [2.24, 2.45) is 5.41 Å². The fourth-order valence-electron chi connectivity index (χ4n) is 3.08. The van der Waals surface area contributed by atoms with Crippen LogP contribution in [0.15, 0.2) is 24.3 Å². The summed E-state index contributed by atoms with van der Waals surface area (Å²) in [6.07, 6.45) is 6.58. The molecule has 0 amide bonds. The third-order valence-corrected chi connectivity index (χ3v) is 4.54. The summed E-state index contributed by atoms with van der Waals surface area (Å²) in [4.78, 5) is 0. The summed E-state index contributed by atoms with van der Waals surface area (Å²) in [5.41, 5.74) is 1.84. The molecule has 94 valence electrons. The summed E-state index contributed by atoms with van der Waals surface area (Å²) < 4.78 is 0. The lowest BCUT2D eigenvalue weighted by Gasteiger charge is -2.34. The molecule has 0 aromatic heterocycles. The van der Waals surface area contributed by atoms with Gasteiger partial charge in [0.05, 0.1) is 0 Å². The minimum atomic E-state index is 0.467. The Hall–Kier alpha value is -0.530. The summed E-state index contributed by atoms with van der Waals surface area (Å²) in [5.74, 6) is 0. The van der Waals surface area contributed by atoms with Crippen molar-refractivity contribution in [2.45, 2.75) is 45.1 Å². The second kappa shape index (κ2) is 5.41. The highest BCUT2D eigenvalue weighted by atomic mass is 35.5. The summed E-state index contributed by atoms with van der Waals surface area (Å²) in [6.45, 7) is 2.43. The monoisotopic (exact) mass is 251 g/mol. The number of nitrogens with one attached hydrogen (secondary N) is 1. The number of benzene rings is 1. The summed E-state index contributed by atoms with van der Waals surface area (Å²) in [5, 5.41) is 4.34. The Bertz CT molecular complexity index is 352. The Balaban J connectivity index is 2.06. The molecule has 0 aliphatic heterocycles. The Kier molecular flexibility index (Phi) is 4.11. The fraction of sp³-hybridized carbons (Fsp3) is 0.600. The summed E-state index contributed by atoms with van der Waals surface area (Å²) in [7, 11) is 2.09. The minimum absolute atomic E-state index is 0.467. The standard InChI is InChI=1S/C15H22ClN/c1-15(9-3-4-10-15)14(17-2)11-12-5-7-13(16)8-6-12/h5-8,14,17H,3-4,9-11H2,1-2H3. The van der Waals surface area contributed by atoms with E-state index in [1.165, 1.54) is 31.2 Å². The van der Waals surface area contributed by atoms with Gasteiger partial charge in [-0.15, -0.1) is 0 Å². The highest BCUT2D eigenvalue weighted by molar-refractivity contribution is 6.30. The van der Waals surface area contributed by atoms with Crippen LogP contribution < -0.4 is 5.32 Å². The fourth-order valence-corrected chi connectivity index (χ4v) is 3.21. The van der Waals surface area contributed by atoms with Crippen molar-refractivity contribution in [3.8, 4) is 0 Å². The van der Waals surface area contributed by atoms with Crippen LogP contribution in [0.2, 0.25) is 5.02 Å². The van der Waals surface area contributed by atoms with Gasteiger partial charge in [-0.2, -0.15) is 0 Å². The van der Waals surface area contributed by atoms with E-state index in [1.54, 1.807) is 0 Å². The maximum Gasteiger partial charge on any atom is 0.0406 e. The number of hydrogen-bond donors (Lipinski definition) is 1. The Morgan fingerprint density at radius 1 is 1.24 bits per heavy atom. The van der Waals surface area contributed by atoms with Crippen LogP contribution in [0.25, 0.3) is 0 Å². The lowest BCUT2D eigenvalue weighted by molar-refractivity contribution is 0.229. The summed E-state index contributed by atoms with van der Waals surface area (Å²) in [6, 6.07) is 8.84. The molecule has 1 aromatic carbocycles. The average molecular weight is 252 g/mol. The Morgan fingerprint density at radius 2 is 1.82 bits per heavy atom. The van der Waals surface area contributed by atoms with Crippen LogP contribution >= 0.6 is 11.6 Å². The van der Waals surface area contributed by atoms with Crippen molar-refractivity contribution in [1.82, 2.24) is 5.32 Å². The van der Waals surface area contributed by atoms with E-state index >= 15 is 0 Å². The molecule has 0 bridgehead atoms. The normalized spacial score (nSPS) is 20.4. The van der Waals surface area contributed by atoms with Crippen molar-refractivity contribution in [2.75, 3.05) is 7.05 Å². The third kappa shape index (κ3) is 3.02. The highest BCUT2D eigenvalue weighted by Gasteiger charge is 2.35. The van der Waals surface area contributed by atoms with Gasteiger partial charge in [0.1, 0.15) is 0 Å². The molecule has 1 nitrogen and oxygen atoms in total. The zero-order valence-corrected chi connectivity index (χ0v) is 11.6. The number of halogens is 1. The maximum absolute atomic E-state index is 5.92. The van der Waals surface area contributed by atoms with E-state index < -0.39 is 0 Å². The average Bonchev–Trinajstić information content (AvgIpc) is 2.76. The zero-order chi connectivity index (χ0) is 12.3. The minimum Gasteiger partial charge on any atom is -0.316 e. The highest BCUT2D eigenvalue weighted by Crippen LogP contribution is 2.41. The van der Waals surface area contributed by atoms with Crippen molar-refractivity contribution < 1.29 is 0 Å². The molecular formula is C15H22ClN. The molecule has 1 fully saturated rings. The quantitative estimate of drug-likeness (QED) is 0.851. The largest absolute Gasteiger partial charge is 0.316 e. The smallest absolute Gasteiger partial charge is 0.0406 e. The van der Waals surface area contributed by atoms with Gasteiger partial charge >= 0.3 is 0 Å². The molecule has 0 spiro atoms. The zero-order valence-electron chi connectivity index (χ0n) is 10.8. The first-order valence-corrected chi connectivity index (χ1v) is 6.93. The first kappa shape index (κ1) is 12.9. The van der Waals surface area contributed by atoms with Crippen LogP contribution in [0, 0.1) is 5.41 Å². The number of hydrogen-bond acceptors (Lipinski definition) is 1. The van der Waals surface area contributed by atoms with Crippen LogP contribution in [0.5, 0.6) is 0 Å². The van der Waals surface area contributed by atoms with E-state index in [1.807, 2.05) is 12.1 Å². The van der Waals surface area contributed by atoms with Crippen LogP contribution in [0.4, 0.5) is 0 Å². The van der Waals surface area contributed by atoms with Crippen LogP contribution in [0.1, 0.15) is 38.2 Å². The Morgan fingerprint density at radius 3 is 2.35 bits per heavy atom. The molecular weight excluding hydrogens is 230 g/mol. The first-order valence-electron chi connectivity index (χ1n) is 6.56. The summed E-state index contributed by atoms with van der Waals surface area (Å²) >= 11 is 5.92. The number of likely N-dealkylation sites (N-methyl/N-ethyl adjacent to an activating group) is 1. The topological polar surface area (TPSA) is 12.0 Å². The molecule has 17 heavy (non-hydrogen) atoms. The van der Waals surface area contributed by atoms with Gasteiger partial charge < -0.3 is 5.32 Å². The molecule has 1 unspecified atom stereocenters. The maximum atomic E-state index is 5.92. The van der Waals surface area contributed by atoms with Gasteiger partial charge in [-0.1, -0.05) is 43.5 Å². The van der Waals surface area contributed by atoms with E-state index in [4.69, 9.17) is 11.6 Å². The van der Waals surface area contributed by atoms with Crippen LogP contribution in [-0.2, 0) is 6.42 Å². The predicted octanol–water partition coefficient (Wildman–Crippen LogP) is 4.05. The molecule has 0 radical (unpaired) electrons. The lowest BCUT2D eigenvalue weighted by Crippen LogP contribution is -2.41. The molecule has 0 heterocycles. The van der Waals surface area contributed by atoms with E-state index in [9.17, 15) is 0 Å². The number of rotatable bonds is 4. The van der Waals surface area contributed by atoms with E-state index in [2.05, 4.69) is 31.4 Å². The van der Waals surface area contributed by atoms with Crippen molar-refractivity contribution in [3.05, 3.63) is 34.9 Å². The van der Waals surface area contributed by atoms with Crippen LogP contribution in [-0.4, -0.2) is 13.1 Å². The van der Waals surface area contributed by atoms with Gasteiger partial charge in [0.25, 0.3) is 0 Å². The molecule has 2 heteroatoms. The molecule has 1 aromatic rings. The second-order valence-electron chi connectivity index (χ2n) is 5.53. The molecule has 1 atom stereocenters. The van der Waals surface area contributed by atoms with Gasteiger partial charge in [-0.05, 0) is 49.4 Å². The van der Waals surface area contributed by atoms with Crippen LogP contribution in [0.3, 0.4) is 0 Å². The third-order valence-electron chi connectivity index (χ3n) is 4.29. The predicted molar refractivity (Wildman–Crippen MR) is 74.6 cm³/mol. The van der Waals surface area contributed by atoms with E-state index in [0.717, 1.165) is 11.4 Å². The first-order chi connectivity index (χ1) is 8.14. The molecule has 0 saturated heterocycles. The van der Waals surface area contributed by atoms with E-state index in [-0.39, 0.29) is 0 Å². The van der Waals surface area contributed by atoms with Gasteiger partial charge in [0, 0.05) is 11.1 Å². The van der Waals surface area contributed by atoms with Crippen molar-refractivity contribution in [3.63, 3.8) is 0 Å². The molecule has 1 N–H and O–H groups in total. The molecule has 1 aliphatic carbocycles. The lowest BCUT2D eigenvalue weighted by atomic mass is 9.78. The SMILES string of the molecule is CNC(Cc1ccc(Cl)cc1)C1(C)CCCC1. The van der Waals surface area contributed by atoms with Crippen molar-refractivity contribution >= 4 is 11.6 Å². The Labute approximate surface area is 110 Å². The molecule has 1 saturated carbocycles.